The summed E-state index contributed by atoms with van der Waals surface area (Å²) in [7, 11) is 0. The van der Waals surface area contributed by atoms with E-state index in [1.54, 1.807) is 11.3 Å². The molecule has 1 aromatic carbocycles. The minimum Gasteiger partial charge on any atom is -0.371 e. The molecule has 2 heterocycles. The molecule has 1 aliphatic rings. The molecule has 0 atom stereocenters. The first-order valence-electron chi connectivity index (χ1n) is 7.01. The summed E-state index contributed by atoms with van der Waals surface area (Å²) < 4.78 is 0. The fraction of sp³-hybridized carbons (Fsp3) is 0.438. The molecule has 2 aromatic rings. The van der Waals surface area contributed by atoms with E-state index in [2.05, 4.69) is 41.9 Å². The van der Waals surface area contributed by atoms with Gasteiger partial charge in [-0.25, -0.2) is 0 Å². The SMILES string of the molecule is CC(C)CN1CCCc2cc(-c3cncs3)ccc21. The summed E-state index contributed by atoms with van der Waals surface area (Å²) in [5, 5.41) is 0. The van der Waals surface area contributed by atoms with Crippen molar-refractivity contribution >= 4 is 17.0 Å². The van der Waals surface area contributed by atoms with Crippen molar-refractivity contribution in [2.75, 3.05) is 18.0 Å². The van der Waals surface area contributed by atoms with Gasteiger partial charge in [0.05, 0.1) is 10.4 Å². The molecule has 0 fully saturated rings. The van der Waals surface area contributed by atoms with E-state index in [0.717, 1.165) is 6.54 Å². The minimum absolute atomic E-state index is 0.715. The van der Waals surface area contributed by atoms with E-state index in [-0.39, 0.29) is 0 Å². The zero-order chi connectivity index (χ0) is 13.2. The molecule has 1 aliphatic heterocycles. The number of aryl methyl sites for hydroxylation is 1. The normalized spacial score (nSPS) is 14.8. The third kappa shape index (κ3) is 2.66. The molecule has 0 bridgehead atoms. The van der Waals surface area contributed by atoms with Crippen LogP contribution in [0.15, 0.2) is 29.9 Å². The van der Waals surface area contributed by atoms with Crippen LogP contribution in [-0.4, -0.2) is 18.1 Å². The second-order valence-corrected chi connectivity index (χ2v) is 6.54. The van der Waals surface area contributed by atoms with Gasteiger partial charge in [0, 0.05) is 25.0 Å². The minimum atomic E-state index is 0.715. The number of anilines is 1. The monoisotopic (exact) mass is 272 g/mol. The highest BCUT2D eigenvalue weighted by molar-refractivity contribution is 7.13. The van der Waals surface area contributed by atoms with Crippen molar-refractivity contribution in [2.24, 2.45) is 5.92 Å². The van der Waals surface area contributed by atoms with Gasteiger partial charge in [0.15, 0.2) is 0 Å². The lowest BCUT2D eigenvalue weighted by Crippen LogP contribution is -2.32. The lowest BCUT2D eigenvalue weighted by atomic mass is 9.98. The van der Waals surface area contributed by atoms with E-state index >= 15 is 0 Å². The third-order valence-electron chi connectivity index (χ3n) is 3.60. The van der Waals surface area contributed by atoms with Crippen molar-refractivity contribution < 1.29 is 0 Å². The second-order valence-electron chi connectivity index (χ2n) is 5.65. The summed E-state index contributed by atoms with van der Waals surface area (Å²) in [6.07, 6.45) is 4.43. The Bertz CT molecular complexity index is 546. The van der Waals surface area contributed by atoms with Crippen molar-refractivity contribution in [3.63, 3.8) is 0 Å². The van der Waals surface area contributed by atoms with Gasteiger partial charge in [0.1, 0.15) is 0 Å². The fourth-order valence-corrected chi connectivity index (χ4v) is 3.44. The first kappa shape index (κ1) is 12.7. The van der Waals surface area contributed by atoms with Gasteiger partial charge in [0.2, 0.25) is 0 Å². The third-order valence-corrected chi connectivity index (χ3v) is 4.42. The van der Waals surface area contributed by atoms with Crippen LogP contribution in [0.25, 0.3) is 10.4 Å². The van der Waals surface area contributed by atoms with Crippen LogP contribution in [0, 0.1) is 5.92 Å². The number of benzene rings is 1. The maximum atomic E-state index is 4.17. The summed E-state index contributed by atoms with van der Waals surface area (Å²) in [4.78, 5) is 7.98. The van der Waals surface area contributed by atoms with Crippen molar-refractivity contribution in [3.8, 4) is 10.4 Å². The van der Waals surface area contributed by atoms with E-state index in [0.29, 0.717) is 5.92 Å². The Balaban J connectivity index is 1.93. The number of hydrogen-bond acceptors (Lipinski definition) is 3. The number of aromatic nitrogens is 1. The number of rotatable bonds is 3. The molecule has 0 aliphatic carbocycles. The molecule has 100 valence electrons. The van der Waals surface area contributed by atoms with Gasteiger partial charge < -0.3 is 4.90 Å². The highest BCUT2D eigenvalue weighted by atomic mass is 32.1. The molecule has 0 saturated heterocycles. The average molecular weight is 272 g/mol. The molecular weight excluding hydrogens is 252 g/mol. The molecule has 0 saturated carbocycles. The number of hydrogen-bond donors (Lipinski definition) is 0. The van der Waals surface area contributed by atoms with Crippen molar-refractivity contribution in [1.82, 2.24) is 4.98 Å². The van der Waals surface area contributed by atoms with Gasteiger partial charge in [-0.2, -0.15) is 0 Å². The molecule has 2 nitrogen and oxygen atoms in total. The Kier molecular flexibility index (Phi) is 3.56. The topological polar surface area (TPSA) is 16.1 Å². The van der Waals surface area contributed by atoms with Crippen LogP contribution in [0.3, 0.4) is 0 Å². The van der Waals surface area contributed by atoms with Crippen molar-refractivity contribution in [2.45, 2.75) is 26.7 Å². The van der Waals surface area contributed by atoms with Gasteiger partial charge >= 0.3 is 0 Å². The Morgan fingerprint density at radius 3 is 3.00 bits per heavy atom. The lowest BCUT2D eigenvalue weighted by Gasteiger charge is -2.33. The lowest BCUT2D eigenvalue weighted by molar-refractivity contribution is 0.585. The Morgan fingerprint density at radius 1 is 1.37 bits per heavy atom. The molecule has 19 heavy (non-hydrogen) atoms. The molecule has 0 radical (unpaired) electrons. The quantitative estimate of drug-likeness (QED) is 0.831. The number of fused-ring (bicyclic) bond motifs is 1. The van der Waals surface area contributed by atoms with Crippen molar-refractivity contribution in [1.29, 1.82) is 0 Å². The smallest absolute Gasteiger partial charge is 0.0797 e. The van der Waals surface area contributed by atoms with Crippen LogP contribution in [0.1, 0.15) is 25.8 Å². The fourth-order valence-electron chi connectivity index (χ4n) is 2.82. The molecule has 0 spiro atoms. The molecular formula is C16H20N2S. The van der Waals surface area contributed by atoms with Gasteiger partial charge in [-0.3, -0.25) is 4.98 Å². The first-order valence-corrected chi connectivity index (χ1v) is 7.89. The molecule has 1 aromatic heterocycles. The summed E-state index contributed by atoms with van der Waals surface area (Å²) in [6, 6.07) is 6.90. The number of thiazole rings is 1. The first-order chi connectivity index (χ1) is 9.24. The highest BCUT2D eigenvalue weighted by Crippen LogP contribution is 2.33. The Morgan fingerprint density at radius 2 is 2.26 bits per heavy atom. The second kappa shape index (κ2) is 5.33. The number of nitrogens with zero attached hydrogens (tertiary/aromatic N) is 2. The van der Waals surface area contributed by atoms with E-state index in [1.165, 1.54) is 41.1 Å². The van der Waals surface area contributed by atoms with Crippen LogP contribution < -0.4 is 4.90 Å². The Labute approximate surface area is 119 Å². The van der Waals surface area contributed by atoms with E-state index < -0.39 is 0 Å². The van der Waals surface area contributed by atoms with Crippen LogP contribution in [0.2, 0.25) is 0 Å². The van der Waals surface area contributed by atoms with Gasteiger partial charge in [-0.05, 0) is 42.0 Å². The zero-order valence-electron chi connectivity index (χ0n) is 11.6. The summed E-state index contributed by atoms with van der Waals surface area (Å²) in [5.41, 5.74) is 6.15. The van der Waals surface area contributed by atoms with Crippen LogP contribution in [0.4, 0.5) is 5.69 Å². The summed E-state index contributed by atoms with van der Waals surface area (Å²) >= 11 is 1.71. The summed E-state index contributed by atoms with van der Waals surface area (Å²) in [6.45, 7) is 6.94. The molecule has 0 N–H and O–H groups in total. The standard InChI is InChI=1S/C16H20N2S/c1-12(2)10-18-7-3-4-13-8-14(5-6-15(13)18)16-9-17-11-19-16/h5-6,8-9,11-12H,3-4,7,10H2,1-2H3. The Hall–Kier alpha value is -1.35. The van der Waals surface area contributed by atoms with E-state index in [4.69, 9.17) is 0 Å². The van der Waals surface area contributed by atoms with Crippen LogP contribution in [-0.2, 0) is 6.42 Å². The summed E-state index contributed by atoms with van der Waals surface area (Å²) in [5.74, 6) is 0.715. The largest absolute Gasteiger partial charge is 0.371 e. The molecule has 3 heteroatoms. The van der Waals surface area contributed by atoms with Crippen molar-refractivity contribution in [3.05, 3.63) is 35.5 Å². The molecule has 3 rings (SSSR count). The maximum Gasteiger partial charge on any atom is 0.0797 e. The van der Waals surface area contributed by atoms with Crippen LogP contribution in [0.5, 0.6) is 0 Å². The van der Waals surface area contributed by atoms with E-state index in [1.807, 2.05) is 11.7 Å². The molecule has 0 unspecified atom stereocenters. The maximum absolute atomic E-state index is 4.17. The predicted octanol–water partition coefficient (Wildman–Crippen LogP) is 4.22. The predicted molar refractivity (Wildman–Crippen MR) is 82.9 cm³/mol. The van der Waals surface area contributed by atoms with Gasteiger partial charge in [-0.1, -0.05) is 19.9 Å². The average Bonchev–Trinajstić information content (AvgIpc) is 2.91. The zero-order valence-corrected chi connectivity index (χ0v) is 12.4. The van der Waals surface area contributed by atoms with Gasteiger partial charge in [0.25, 0.3) is 0 Å². The van der Waals surface area contributed by atoms with E-state index in [9.17, 15) is 0 Å². The highest BCUT2D eigenvalue weighted by Gasteiger charge is 2.18. The van der Waals surface area contributed by atoms with Gasteiger partial charge in [-0.15, -0.1) is 11.3 Å². The van der Waals surface area contributed by atoms with Crippen LogP contribution >= 0.6 is 11.3 Å². The molecule has 0 amide bonds.